The monoisotopic (exact) mass is 198 g/mol. The van der Waals surface area contributed by atoms with Gasteiger partial charge in [-0.25, -0.2) is 4.79 Å². The van der Waals surface area contributed by atoms with Gasteiger partial charge in [0.1, 0.15) is 0 Å². The fourth-order valence-corrected chi connectivity index (χ4v) is 2.64. The molecule has 80 valence electrons. The van der Waals surface area contributed by atoms with Gasteiger partial charge in [-0.3, -0.25) is 0 Å². The van der Waals surface area contributed by atoms with E-state index in [1.165, 1.54) is 26.4 Å². The summed E-state index contributed by atoms with van der Waals surface area (Å²) in [5.74, 6) is 0.877. The third-order valence-electron chi connectivity index (χ3n) is 3.62. The second-order valence-electron chi connectivity index (χ2n) is 4.72. The normalized spacial score (nSPS) is 38.0. The van der Waals surface area contributed by atoms with E-state index in [-0.39, 0.29) is 0 Å². The summed E-state index contributed by atoms with van der Waals surface area (Å²) >= 11 is 0. The molecule has 2 rings (SSSR count). The highest BCUT2D eigenvalue weighted by atomic mass is 16.5. The summed E-state index contributed by atoms with van der Waals surface area (Å²) in [6.07, 6.45) is 5.87. The Balaban J connectivity index is 2.00. The molecule has 0 spiro atoms. The van der Waals surface area contributed by atoms with Crippen LogP contribution in [0, 0.1) is 11.8 Å². The van der Waals surface area contributed by atoms with Crippen molar-refractivity contribution in [3.63, 3.8) is 0 Å². The maximum absolute atomic E-state index is 11.4. The van der Waals surface area contributed by atoms with Crippen molar-refractivity contribution in [1.29, 1.82) is 0 Å². The molecule has 0 aromatic rings. The predicted molar refractivity (Wildman–Crippen MR) is 51.6 cm³/mol. The molecular formula is C11H18O3. The van der Waals surface area contributed by atoms with Crippen LogP contribution in [0.25, 0.3) is 0 Å². The molecule has 0 radical (unpaired) electrons. The lowest BCUT2D eigenvalue weighted by molar-refractivity contribution is -0.167. The van der Waals surface area contributed by atoms with Crippen molar-refractivity contribution < 1.29 is 14.6 Å². The summed E-state index contributed by atoms with van der Waals surface area (Å²) in [5, 5.41) is 10.1. The first kappa shape index (κ1) is 9.97. The maximum atomic E-state index is 11.4. The summed E-state index contributed by atoms with van der Waals surface area (Å²) in [5.41, 5.74) is -1.18. The minimum absolute atomic E-state index is 0.442. The third kappa shape index (κ3) is 1.78. The second-order valence-corrected chi connectivity index (χ2v) is 4.72. The fourth-order valence-electron chi connectivity index (χ4n) is 2.64. The first-order valence-corrected chi connectivity index (χ1v) is 5.46. The Morgan fingerprint density at radius 2 is 2.07 bits per heavy atom. The van der Waals surface area contributed by atoms with Crippen LogP contribution in [0.15, 0.2) is 0 Å². The summed E-state index contributed by atoms with van der Waals surface area (Å²) < 4.78 is 4.65. The first-order chi connectivity index (χ1) is 6.65. The Kier molecular flexibility index (Phi) is 2.52. The van der Waals surface area contributed by atoms with Gasteiger partial charge < -0.3 is 9.84 Å². The van der Waals surface area contributed by atoms with Crippen LogP contribution in [0.5, 0.6) is 0 Å². The van der Waals surface area contributed by atoms with Crippen LogP contribution in [0.3, 0.4) is 0 Å². The molecule has 0 heterocycles. The average molecular weight is 198 g/mol. The second kappa shape index (κ2) is 3.54. The van der Waals surface area contributed by atoms with Crippen LogP contribution < -0.4 is 0 Å². The molecule has 0 aromatic heterocycles. The van der Waals surface area contributed by atoms with Crippen LogP contribution in [-0.4, -0.2) is 23.8 Å². The zero-order chi connectivity index (χ0) is 10.2. The van der Waals surface area contributed by atoms with E-state index in [4.69, 9.17) is 0 Å². The average Bonchev–Trinajstić information content (AvgIpc) is 3.00. The Morgan fingerprint density at radius 3 is 2.64 bits per heavy atom. The summed E-state index contributed by atoms with van der Waals surface area (Å²) in [6.45, 7) is 0. The zero-order valence-electron chi connectivity index (χ0n) is 8.66. The summed E-state index contributed by atoms with van der Waals surface area (Å²) in [7, 11) is 1.35. The van der Waals surface area contributed by atoms with Crippen LogP contribution in [0.4, 0.5) is 0 Å². The number of carbonyl (C=O) groups excluding carboxylic acids is 1. The standard InChI is InChI=1S/C11H18O3/c1-14-10(12)11(13)6-2-3-9(7-11)8-4-5-8/h8-9,13H,2-7H2,1H3. The van der Waals surface area contributed by atoms with E-state index in [1.54, 1.807) is 0 Å². The highest BCUT2D eigenvalue weighted by Gasteiger charge is 2.45. The minimum atomic E-state index is -1.18. The molecule has 2 fully saturated rings. The van der Waals surface area contributed by atoms with E-state index in [2.05, 4.69) is 4.74 Å². The van der Waals surface area contributed by atoms with Crippen molar-refractivity contribution in [3.8, 4) is 0 Å². The van der Waals surface area contributed by atoms with Gasteiger partial charge in [0.05, 0.1) is 7.11 Å². The van der Waals surface area contributed by atoms with Crippen LogP contribution in [-0.2, 0) is 9.53 Å². The van der Waals surface area contributed by atoms with Gasteiger partial charge in [0.25, 0.3) is 0 Å². The summed E-state index contributed by atoms with van der Waals surface area (Å²) in [4.78, 5) is 11.4. The van der Waals surface area contributed by atoms with Crippen molar-refractivity contribution in [2.45, 2.75) is 44.1 Å². The number of hydrogen-bond acceptors (Lipinski definition) is 3. The largest absolute Gasteiger partial charge is 0.467 e. The number of ether oxygens (including phenoxy) is 1. The Bertz CT molecular complexity index is 235. The molecule has 2 atom stereocenters. The van der Waals surface area contributed by atoms with E-state index in [1.807, 2.05) is 0 Å². The van der Waals surface area contributed by atoms with Crippen molar-refractivity contribution in [2.75, 3.05) is 7.11 Å². The van der Waals surface area contributed by atoms with Gasteiger partial charge in [-0.05, 0) is 50.4 Å². The van der Waals surface area contributed by atoms with Gasteiger partial charge in [0.2, 0.25) is 0 Å². The quantitative estimate of drug-likeness (QED) is 0.684. The Hall–Kier alpha value is -0.570. The minimum Gasteiger partial charge on any atom is -0.467 e. The number of esters is 1. The Morgan fingerprint density at radius 1 is 1.36 bits per heavy atom. The van der Waals surface area contributed by atoms with E-state index < -0.39 is 11.6 Å². The summed E-state index contributed by atoms with van der Waals surface area (Å²) in [6, 6.07) is 0. The van der Waals surface area contributed by atoms with Crippen molar-refractivity contribution in [2.24, 2.45) is 11.8 Å². The molecule has 3 heteroatoms. The van der Waals surface area contributed by atoms with E-state index in [9.17, 15) is 9.90 Å². The predicted octanol–water partition coefficient (Wildman–Crippen LogP) is 1.49. The van der Waals surface area contributed by atoms with Crippen molar-refractivity contribution in [1.82, 2.24) is 0 Å². The third-order valence-corrected chi connectivity index (χ3v) is 3.62. The smallest absolute Gasteiger partial charge is 0.337 e. The highest BCUT2D eigenvalue weighted by Crippen LogP contribution is 2.46. The van der Waals surface area contributed by atoms with Gasteiger partial charge in [-0.2, -0.15) is 0 Å². The molecule has 2 saturated carbocycles. The topological polar surface area (TPSA) is 46.5 Å². The zero-order valence-corrected chi connectivity index (χ0v) is 8.66. The van der Waals surface area contributed by atoms with Crippen LogP contribution in [0.2, 0.25) is 0 Å². The van der Waals surface area contributed by atoms with Crippen LogP contribution >= 0.6 is 0 Å². The van der Waals surface area contributed by atoms with E-state index in [0.717, 1.165) is 12.3 Å². The Labute approximate surface area is 84.4 Å². The molecule has 2 aliphatic rings. The molecule has 3 nitrogen and oxygen atoms in total. The highest BCUT2D eigenvalue weighted by molar-refractivity contribution is 5.79. The van der Waals surface area contributed by atoms with Gasteiger partial charge in [0.15, 0.2) is 5.60 Å². The maximum Gasteiger partial charge on any atom is 0.337 e. The van der Waals surface area contributed by atoms with Crippen molar-refractivity contribution >= 4 is 5.97 Å². The molecule has 1 N–H and O–H groups in total. The van der Waals surface area contributed by atoms with E-state index >= 15 is 0 Å². The molecule has 0 aliphatic heterocycles. The molecule has 0 amide bonds. The lowest BCUT2D eigenvalue weighted by atomic mass is 9.76. The molecule has 14 heavy (non-hydrogen) atoms. The molecule has 0 aromatic carbocycles. The molecule has 2 aliphatic carbocycles. The number of hydrogen-bond donors (Lipinski definition) is 1. The van der Waals surface area contributed by atoms with Crippen LogP contribution in [0.1, 0.15) is 38.5 Å². The molecule has 0 bridgehead atoms. The van der Waals surface area contributed by atoms with E-state index in [0.29, 0.717) is 18.8 Å². The lowest BCUT2D eigenvalue weighted by Gasteiger charge is -2.34. The number of carbonyl (C=O) groups is 1. The van der Waals surface area contributed by atoms with Gasteiger partial charge >= 0.3 is 5.97 Å². The van der Waals surface area contributed by atoms with Gasteiger partial charge in [-0.15, -0.1) is 0 Å². The SMILES string of the molecule is COC(=O)C1(O)CCCC(C2CC2)C1. The van der Waals surface area contributed by atoms with Gasteiger partial charge in [-0.1, -0.05) is 0 Å². The number of aliphatic hydroxyl groups is 1. The first-order valence-electron chi connectivity index (χ1n) is 5.46. The molecule has 0 saturated heterocycles. The number of methoxy groups -OCH3 is 1. The van der Waals surface area contributed by atoms with Gasteiger partial charge in [0, 0.05) is 0 Å². The lowest BCUT2D eigenvalue weighted by Crippen LogP contribution is -2.44. The molecule has 2 unspecified atom stereocenters. The van der Waals surface area contributed by atoms with Crippen molar-refractivity contribution in [3.05, 3.63) is 0 Å². The number of rotatable bonds is 2. The fraction of sp³-hybridized carbons (Fsp3) is 0.909. The molecular weight excluding hydrogens is 180 g/mol.